The van der Waals surface area contributed by atoms with E-state index in [1.54, 1.807) is 34.6 Å². The van der Waals surface area contributed by atoms with Crippen molar-refractivity contribution in [3.05, 3.63) is 25.3 Å². The van der Waals surface area contributed by atoms with Gasteiger partial charge >= 0.3 is 5.97 Å². The van der Waals surface area contributed by atoms with Gasteiger partial charge in [-0.1, -0.05) is 12.2 Å². The topological polar surface area (TPSA) is 87.1 Å². The summed E-state index contributed by atoms with van der Waals surface area (Å²) in [6.07, 6.45) is 7.47. The molecule has 0 aliphatic carbocycles. The summed E-state index contributed by atoms with van der Waals surface area (Å²) in [6, 6.07) is -1.33. The average molecular weight is 493 g/mol. The molecule has 190 valence electrons. The van der Waals surface area contributed by atoms with Gasteiger partial charge < -0.3 is 19.6 Å². The number of fused-ring (bicyclic) bond motifs is 1. The fraction of sp³-hybridized carbons (Fsp3) is 0.731. The van der Waals surface area contributed by atoms with Crippen molar-refractivity contribution >= 4 is 29.5 Å². The summed E-state index contributed by atoms with van der Waals surface area (Å²) in [6.45, 7) is 15.6. The van der Waals surface area contributed by atoms with Crippen LogP contribution in [0.25, 0.3) is 0 Å². The largest absolute Gasteiger partial charge is 0.465 e. The van der Waals surface area contributed by atoms with Crippen LogP contribution in [0.1, 0.15) is 59.8 Å². The Bertz CT molecular complexity index is 832. The van der Waals surface area contributed by atoms with Gasteiger partial charge in [0.05, 0.1) is 35.8 Å². The summed E-state index contributed by atoms with van der Waals surface area (Å²) in [4.78, 5) is 44.5. The maximum Gasteiger partial charge on any atom is 0.311 e. The third-order valence-corrected chi connectivity index (χ3v) is 9.71. The van der Waals surface area contributed by atoms with Crippen LogP contribution in [0, 0.1) is 11.8 Å². The van der Waals surface area contributed by atoms with Crippen molar-refractivity contribution in [1.29, 1.82) is 0 Å². The maximum absolute atomic E-state index is 14.0. The van der Waals surface area contributed by atoms with E-state index >= 15 is 0 Å². The number of carbonyl (C=O) groups is 3. The van der Waals surface area contributed by atoms with Gasteiger partial charge in [-0.25, -0.2) is 0 Å². The van der Waals surface area contributed by atoms with E-state index in [1.165, 1.54) is 0 Å². The Labute approximate surface area is 208 Å². The highest BCUT2D eigenvalue weighted by Crippen LogP contribution is 2.71. The highest BCUT2D eigenvalue weighted by Gasteiger charge is 2.78. The van der Waals surface area contributed by atoms with Crippen molar-refractivity contribution < 1.29 is 24.2 Å². The van der Waals surface area contributed by atoms with E-state index < -0.39 is 33.4 Å². The molecule has 3 aliphatic heterocycles. The third-order valence-electron chi connectivity index (χ3n) is 7.72. The lowest BCUT2D eigenvalue weighted by Gasteiger charge is -2.40. The zero-order valence-corrected chi connectivity index (χ0v) is 21.8. The Morgan fingerprint density at radius 2 is 1.97 bits per heavy atom. The minimum absolute atomic E-state index is 0.0714. The third kappa shape index (κ3) is 4.32. The van der Waals surface area contributed by atoms with E-state index in [0.29, 0.717) is 19.6 Å². The number of hydrogen-bond donors (Lipinski definition) is 1. The molecule has 3 fully saturated rings. The Kier molecular flexibility index (Phi) is 8.23. The van der Waals surface area contributed by atoms with E-state index in [4.69, 9.17) is 4.74 Å². The van der Waals surface area contributed by atoms with E-state index in [0.717, 1.165) is 25.7 Å². The minimum Gasteiger partial charge on any atom is -0.465 e. The van der Waals surface area contributed by atoms with E-state index in [9.17, 15) is 19.5 Å². The zero-order chi connectivity index (χ0) is 25.3. The van der Waals surface area contributed by atoms with Gasteiger partial charge in [-0.2, -0.15) is 0 Å². The van der Waals surface area contributed by atoms with E-state index in [2.05, 4.69) is 13.2 Å². The molecule has 1 N–H and O–H groups in total. The minimum atomic E-state index is -0.730. The summed E-state index contributed by atoms with van der Waals surface area (Å²) in [5.41, 5.74) is 0. The van der Waals surface area contributed by atoms with Gasteiger partial charge in [-0.15, -0.1) is 24.9 Å². The number of hydrogen-bond acceptors (Lipinski definition) is 6. The van der Waals surface area contributed by atoms with Crippen LogP contribution in [0.5, 0.6) is 0 Å². The predicted molar refractivity (Wildman–Crippen MR) is 134 cm³/mol. The highest BCUT2D eigenvalue weighted by molar-refractivity contribution is 8.02. The normalized spacial score (nSPS) is 32.6. The molecule has 34 heavy (non-hydrogen) atoms. The summed E-state index contributed by atoms with van der Waals surface area (Å²) in [5.74, 6) is -1.92. The molecular weight excluding hydrogens is 452 g/mol. The zero-order valence-electron chi connectivity index (χ0n) is 21.0. The number of allylic oxidation sites excluding steroid dienone is 1. The van der Waals surface area contributed by atoms with Gasteiger partial charge in [0.2, 0.25) is 11.8 Å². The lowest BCUT2D eigenvalue weighted by Crippen LogP contribution is -2.58. The molecule has 3 saturated heterocycles. The van der Waals surface area contributed by atoms with Crippen LogP contribution in [-0.2, 0) is 19.1 Å². The van der Waals surface area contributed by atoms with E-state index in [1.807, 2.05) is 26.8 Å². The van der Waals surface area contributed by atoms with Crippen LogP contribution in [-0.4, -0.2) is 80.1 Å². The number of carbonyl (C=O) groups excluding carboxylic acids is 3. The van der Waals surface area contributed by atoms with Crippen LogP contribution in [0.3, 0.4) is 0 Å². The molecule has 3 rings (SSSR count). The summed E-state index contributed by atoms with van der Waals surface area (Å²) in [7, 11) is 0. The number of thioether (sulfide) groups is 1. The van der Waals surface area contributed by atoms with Gasteiger partial charge in [0.1, 0.15) is 6.04 Å². The van der Waals surface area contributed by atoms with Crippen molar-refractivity contribution in [2.75, 3.05) is 19.8 Å². The van der Waals surface area contributed by atoms with Crippen LogP contribution in [0.15, 0.2) is 25.3 Å². The summed E-state index contributed by atoms with van der Waals surface area (Å²) < 4.78 is 4.52. The summed E-state index contributed by atoms with van der Waals surface area (Å²) in [5, 5.41) is 9.97. The monoisotopic (exact) mass is 492 g/mol. The van der Waals surface area contributed by atoms with Gasteiger partial charge in [-0.05, 0) is 59.8 Å². The van der Waals surface area contributed by atoms with Crippen LogP contribution < -0.4 is 0 Å². The molecule has 0 aromatic heterocycles. The number of rotatable bonds is 12. The first-order valence-corrected chi connectivity index (χ1v) is 13.2. The molecule has 0 radical (unpaired) electrons. The second-order valence-electron chi connectivity index (χ2n) is 10.3. The molecule has 2 unspecified atom stereocenters. The molecule has 1 spiro atoms. The van der Waals surface area contributed by atoms with Crippen LogP contribution >= 0.6 is 11.8 Å². The number of likely N-dealkylation sites (tertiary alicyclic amines) is 1. The molecule has 0 aromatic carbocycles. The smallest absolute Gasteiger partial charge is 0.311 e. The lowest BCUT2D eigenvalue weighted by atomic mass is 9.66. The number of esters is 1. The van der Waals surface area contributed by atoms with Crippen molar-refractivity contribution in [2.24, 2.45) is 11.8 Å². The number of amides is 2. The molecule has 2 bridgehead atoms. The van der Waals surface area contributed by atoms with Gasteiger partial charge in [-0.3, -0.25) is 14.4 Å². The fourth-order valence-electron chi connectivity index (χ4n) is 6.07. The molecular formula is C26H40N2O5S. The fourth-order valence-corrected chi connectivity index (χ4v) is 8.39. The van der Waals surface area contributed by atoms with E-state index in [-0.39, 0.29) is 30.4 Å². The standard InChI is InChI=1S/C26H40N2O5S/c1-7-9-10-11-15-33-24(32)20-19-22(30)28(18(5)16-29)21(23(31)27(14-8-2)17(3)4)26(19)13-12-25(20,6)34-26/h7-8,17-21,29H,1-2,9-16H2,3-6H3/t18-,19+,20-,21?,25+,26?/m1/s1. The van der Waals surface area contributed by atoms with Crippen molar-refractivity contribution in [3.8, 4) is 0 Å². The Hall–Kier alpha value is -1.80. The summed E-state index contributed by atoms with van der Waals surface area (Å²) >= 11 is 1.62. The molecule has 6 atom stereocenters. The predicted octanol–water partition coefficient (Wildman–Crippen LogP) is 3.17. The SMILES string of the molecule is C=CCCCCOC(=O)[C@H]1[C@H]2C(=O)N([C@H](C)CO)C(C(=O)N(CC=C)C(C)C)C23CC[C@]1(C)S3. The number of aliphatic hydroxyl groups excluding tert-OH is 1. The molecule has 0 saturated carbocycles. The molecule has 3 heterocycles. The van der Waals surface area contributed by atoms with Gasteiger partial charge in [0.25, 0.3) is 0 Å². The lowest BCUT2D eigenvalue weighted by molar-refractivity contribution is -0.156. The van der Waals surface area contributed by atoms with Gasteiger partial charge in [0.15, 0.2) is 0 Å². The number of aliphatic hydroxyl groups is 1. The number of ether oxygens (including phenoxy) is 1. The van der Waals surface area contributed by atoms with Crippen LogP contribution in [0.4, 0.5) is 0 Å². The molecule has 8 heteroatoms. The first-order chi connectivity index (χ1) is 16.1. The first kappa shape index (κ1) is 26.8. The highest BCUT2D eigenvalue weighted by atomic mass is 32.2. The molecule has 7 nitrogen and oxygen atoms in total. The molecule has 3 aliphatic rings. The Balaban J connectivity index is 1.96. The Morgan fingerprint density at radius 3 is 2.56 bits per heavy atom. The quantitative estimate of drug-likeness (QED) is 0.256. The van der Waals surface area contributed by atoms with Gasteiger partial charge in [0, 0.05) is 17.3 Å². The number of nitrogens with zero attached hydrogens (tertiary/aromatic N) is 2. The van der Waals surface area contributed by atoms with Crippen molar-refractivity contribution in [1.82, 2.24) is 9.80 Å². The van der Waals surface area contributed by atoms with Crippen molar-refractivity contribution in [2.45, 2.75) is 87.4 Å². The molecule has 0 aromatic rings. The number of unbranched alkanes of at least 4 members (excludes halogenated alkanes) is 2. The Morgan fingerprint density at radius 1 is 1.26 bits per heavy atom. The molecule has 2 amide bonds. The maximum atomic E-state index is 14.0. The second kappa shape index (κ2) is 10.4. The van der Waals surface area contributed by atoms with Crippen molar-refractivity contribution in [3.63, 3.8) is 0 Å². The first-order valence-electron chi connectivity index (χ1n) is 12.4. The average Bonchev–Trinajstić information content (AvgIpc) is 3.36. The second-order valence-corrected chi connectivity index (χ2v) is 12.2. The van der Waals surface area contributed by atoms with Crippen LogP contribution in [0.2, 0.25) is 0 Å².